The molecule has 0 aliphatic rings. The lowest BCUT2D eigenvalue weighted by Crippen LogP contribution is -1.94. The maximum atomic E-state index is 6.34. The second-order valence-corrected chi connectivity index (χ2v) is 6.52. The number of nitrogens with one attached hydrogen (secondary N) is 1. The predicted octanol–water partition coefficient (Wildman–Crippen LogP) is 4.77. The Hall–Kier alpha value is -2.99. The molecule has 0 bridgehead atoms. The van der Waals surface area contributed by atoms with E-state index in [2.05, 4.69) is 10.2 Å². The van der Waals surface area contributed by atoms with Crippen LogP contribution in [0.2, 0.25) is 5.02 Å². The van der Waals surface area contributed by atoms with E-state index in [-0.39, 0.29) is 0 Å². The summed E-state index contributed by atoms with van der Waals surface area (Å²) < 4.78 is 16.2. The summed E-state index contributed by atoms with van der Waals surface area (Å²) in [6.07, 6.45) is 0. The average Bonchev–Trinajstić information content (AvgIpc) is 3.07. The molecule has 1 N–H and O–H groups in total. The predicted molar refractivity (Wildman–Crippen MR) is 106 cm³/mol. The Balaban J connectivity index is 2.11. The fourth-order valence-electron chi connectivity index (χ4n) is 3.30. The van der Waals surface area contributed by atoms with Crippen LogP contribution in [0.1, 0.15) is 5.69 Å². The highest BCUT2D eigenvalue weighted by Gasteiger charge is 2.18. The molecule has 6 nitrogen and oxygen atoms in total. The van der Waals surface area contributed by atoms with E-state index in [9.17, 15) is 0 Å². The van der Waals surface area contributed by atoms with Gasteiger partial charge in [0.25, 0.3) is 0 Å². The summed E-state index contributed by atoms with van der Waals surface area (Å²) in [6, 6.07) is 9.47. The first-order chi connectivity index (χ1) is 13.1. The summed E-state index contributed by atoms with van der Waals surface area (Å²) in [4.78, 5) is 4.78. The van der Waals surface area contributed by atoms with E-state index in [0.29, 0.717) is 27.9 Å². The van der Waals surface area contributed by atoms with Gasteiger partial charge in [0.1, 0.15) is 5.75 Å². The summed E-state index contributed by atoms with van der Waals surface area (Å²) in [6.45, 7) is 1.97. The molecular formula is C20H18ClN3O3. The minimum atomic E-state index is 0.517. The van der Waals surface area contributed by atoms with Gasteiger partial charge < -0.3 is 14.2 Å². The number of aryl methyl sites for hydroxylation is 1. The first-order valence-electron chi connectivity index (χ1n) is 8.31. The molecule has 4 rings (SSSR count). The monoisotopic (exact) mass is 383 g/mol. The van der Waals surface area contributed by atoms with Crippen LogP contribution in [0.4, 0.5) is 0 Å². The number of H-pyrrole nitrogens is 1. The Labute approximate surface area is 161 Å². The van der Waals surface area contributed by atoms with Crippen LogP contribution in [-0.2, 0) is 0 Å². The van der Waals surface area contributed by atoms with Crippen molar-refractivity contribution in [3.8, 4) is 28.5 Å². The number of hydrogen-bond acceptors (Lipinski definition) is 5. The van der Waals surface area contributed by atoms with Crippen LogP contribution in [0.25, 0.3) is 33.1 Å². The second-order valence-electron chi connectivity index (χ2n) is 6.11. The molecule has 0 saturated heterocycles. The zero-order chi connectivity index (χ0) is 19.1. The third-order valence-electron chi connectivity index (χ3n) is 4.62. The number of pyridine rings is 1. The molecule has 7 heteroatoms. The van der Waals surface area contributed by atoms with Gasteiger partial charge in [0.2, 0.25) is 0 Å². The minimum Gasteiger partial charge on any atom is -0.495 e. The molecule has 0 saturated carbocycles. The van der Waals surface area contributed by atoms with E-state index < -0.39 is 0 Å². The zero-order valence-electron chi connectivity index (χ0n) is 15.4. The van der Waals surface area contributed by atoms with E-state index in [1.807, 2.05) is 37.3 Å². The molecule has 0 atom stereocenters. The van der Waals surface area contributed by atoms with E-state index in [1.165, 1.54) is 0 Å². The van der Waals surface area contributed by atoms with E-state index in [0.717, 1.165) is 33.1 Å². The Morgan fingerprint density at radius 3 is 2.19 bits per heavy atom. The van der Waals surface area contributed by atoms with Crippen molar-refractivity contribution in [2.45, 2.75) is 6.92 Å². The van der Waals surface area contributed by atoms with E-state index >= 15 is 0 Å². The van der Waals surface area contributed by atoms with E-state index in [4.69, 9.17) is 30.8 Å². The Morgan fingerprint density at radius 1 is 0.889 bits per heavy atom. The molecule has 27 heavy (non-hydrogen) atoms. The molecule has 2 heterocycles. The molecule has 0 spiro atoms. The van der Waals surface area contributed by atoms with Gasteiger partial charge in [0.05, 0.1) is 32.0 Å². The topological polar surface area (TPSA) is 69.3 Å². The minimum absolute atomic E-state index is 0.517. The lowest BCUT2D eigenvalue weighted by Gasteiger charge is -2.13. The largest absolute Gasteiger partial charge is 0.495 e. The highest BCUT2D eigenvalue weighted by atomic mass is 35.5. The number of halogens is 1. The third-order valence-corrected chi connectivity index (χ3v) is 4.91. The fourth-order valence-corrected chi connectivity index (χ4v) is 3.56. The average molecular weight is 384 g/mol. The van der Waals surface area contributed by atoms with Crippen molar-refractivity contribution < 1.29 is 14.2 Å². The Kier molecular flexibility index (Phi) is 4.28. The highest BCUT2D eigenvalue weighted by Crippen LogP contribution is 2.41. The quantitative estimate of drug-likeness (QED) is 0.550. The van der Waals surface area contributed by atoms with Crippen molar-refractivity contribution in [1.29, 1.82) is 0 Å². The summed E-state index contributed by atoms with van der Waals surface area (Å²) in [5.41, 5.74) is 3.19. The fraction of sp³-hybridized carbons (Fsp3) is 0.200. The van der Waals surface area contributed by atoms with Crippen molar-refractivity contribution in [2.75, 3.05) is 21.3 Å². The van der Waals surface area contributed by atoms with Crippen molar-refractivity contribution >= 4 is 33.4 Å². The number of benzene rings is 2. The number of hydrogen-bond donors (Lipinski definition) is 1. The number of aromatic amines is 1. The lowest BCUT2D eigenvalue weighted by molar-refractivity contribution is 0.356. The molecular weight excluding hydrogens is 366 g/mol. The molecule has 138 valence electrons. The molecule has 0 aliphatic carbocycles. The van der Waals surface area contributed by atoms with Gasteiger partial charge >= 0.3 is 0 Å². The smallest absolute Gasteiger partial charge is 0.182 e. The van der Waals surface area contributed by atoms with Gasteiger partial charge in [-0.15, -0.1) is 0 Å². The first-order valence-corrected chi connectivity index (χ1v) is 8.69. The van der Waals surface area contributed by atoms with Gasteiger partial charge in [-0.25, -0.2) is 4.98 Å². The van der Waals surface area contributed by atoms with Gasteiger partial charge in [0.15, 0.2) is 17.1 Å². The molecule has 2 aromatic heterocycles. The maximum absolute atomic E-state index is 6.34. The molecule has 4 aromatic rings. The van der Waals surface area contributed by atoms with Crippen molar-refractivity contribution in [3.63, 3.8) is 0 Å². The van der Waals surface area contributed by atoms with Gasteiger partial charge in [-0.05, 0) is 37.3 Å². The normalized spacial score (nSPS) is 11.1. The summed E-state index contributed by atoms with van der Waals surface area (Å²) >= 11 is 6.34. The van der Waals surface area contributed by atoms with Gasteiger partial charge in [0, 0.05) is 27.4 Å². The molecule has 0 amide bonds. The third kappa shape index (κ3) is 2.73. The number of ether oxygens (including phenoxy) is 3. The van der Waals surface area contributed by atoms with Crippen LogP contribution in [0.15, 0.2) is 30.3 Å². The zero-order valence-corrected chi connectivity index (χ0v) is 16.1. The Morgan fingerprint density at radius 2 is 1.56 bits per heavy atom. The van der Waals surface area contributed by atoms with Crippen LogP contribution in [0, 0.1) is 6.92 Å². The van der Waals surface area contributed by atoms with Crippen LogP contribution >= 0.6 is 11.6 Å². The van der Waals surface area contributed by atoms with Crippen molar-refractivity contribution in [3.05, 3.63) is 41.0 Å². The summed E-state index contributed by atoms with van der Waals surface area (Å²) in [5, 5.41) is 10.7. The van der Waals surface area contributed by atoms with Crippen molar-refractivity contribution in [2.24, 2.45) is 0 Å². The maximum Gasteiger partial charge on any atom is 0.182 e. The molecule has 2 aromatic carbocycles. The molecule has 0 radical (unpaired) electrons. The van der Waals surface area contributed by atoms with E-state index in [1.54, 1.807) is 21.3 Å². The number of fused-ring (bicyclic) bond motifs is 3. The standard InChI is InChI=1S/C20H18ClN3O3/c1-10-18-12-8-16(26-3)17(27-4)9-13(12)19(22-20(18)24-23-10)11-5-6-15(25-2)14(21)7-11/h5-9H,1-4H3,(H,22,23,24). The van der Waals surface area contributed by atoms with Crippen LogP contribution in [-0.4, -0.2) is 36.5 Å². The van der Waals surface area contributed by atoms with Crippen LogP contribution < -0.4 is 14.2 Å². The van der Waals surface area contributed by atoms with Gasteiger partial charge in [-0.3, -0.25) is 5.10 Å². The highest BCUT2D eigenvalue weighted by molar-refractivity contribution is 6.32. The second kappa shape index (κ2) is 6.63. The van der Waals surface area contributed by atoms with Gasteiger partial charge in [-0.2, -0.15) is 5.10 Å². The molecule has 0 unspecified atom stereocenters. The Bertz CT molecular complexity index is 1170. The first kappa shape index (κ1) is 17.4. The molecule has 0 aliphatic heterocycles. The van der Waals surface area contributed by atoms with Crippen LogP contribution in [0.5, 0.6) is 17.2 Å². The van der Waals surface area contributed by atoms with Crippen molar-refractivity contribution in [1.82, 2.24) is 15.2 Å². The summed E-state index contributed by atoms with van der Waals surface area (Å²) in [7, 11) is 4.82. The summed E-state index contributed by atoms with van der Waals surface area (Å²) in [5.74, 6) is 1.89. The number of aromatic nitrogens is 3. The number of methoxy groups -OCH3 is 3. The lowest BCUT2D eigenvalue weighted by atomic mass is 10.00. The number of nitrogens with zero attached hydrogens (tertiary/aromatic N) is 2. The molecule has 0 fully saturated rings. The van der Waals surface area contributed by atoms with Gasteiger partial charge in [-0.1, -0.05) is 11.6 Å². The number of rotatable bonds is 4. The van der Waals surface area contributed by atoms with Crippen LogP contribution in [0.3, 0.4) is 0 Å². The SMILES string of the molecule is COc1ccc(-c2nc3n[nH]c(C)c3c3cc(OC)c(OC)cc23)cc1Cl.